The summed E-state index contributed by atoms with van der Waals surface area (Å²) in [4.78, 5) is 24.8. The van der Waals surface area contributed by atoms with Gasteiger partial charge in [-0.25, -0.2) is 10.2 Å². The predicted molar refractivity (Wildman–Crippen MR) is 121 cm³/mol. The van der Waals surface area contributed by atoms with Crippen LogP contribution in [0.2, 0.25) is 15.1 Å². The molecule has 0 spiro atoms. The van der Waals surface area contributed by atoms with Gasteiger partial charge < -0.3 is 9.47 Å². The average Bonchev–Trinajstić information content (AvgIpc) is 2.75. The molecule has 3 aromatic rings. The fraction of sp³-hybridized carbons (Fsp3) is 0.0455. The monoisotopic (exact) mass is 476 g/mol. The van der Waals surface area contributed by atoms with Gasteiger partial charge in [0.25, 0.3) is 5.91 Å². The molecule has 0 aliphatic heterocycles. The zero-order chi connectivity index (χ0) is 22.4. The lowest BCUT2D eigenvalue weighted by atomic mass is 10.2. The molecule has 158 valence electrons. The number of benzene rings is 3. The summed E-state index contributed by atoms with van der Waals surface area (Å²) in [7, 11) is 1.43. The van der Waals surface area contributed by atoms with Crippen LogP contribution in [-0.2, 0) is 0 Å². The second-order valence-corrected chi connectivity index (χ2v) is 7.43. The van der Waals surface area contributed by atoms with Crippen molar-refractivity contribution >= 4 is 52.9 Å². The van der Waals surface area contributed by atoms with Crippen LogP contribution in [0.25, 0.3) is 0 Å². The minimum absolute atomic E-state index is 0.156. The third-order valence-corrected chi connectivity index (χ3v) is 4.75. The molecular formula is C22H15Cl3N2O4. The van der Waals surface area contributed by atoms with E-state index in [-0.39, 0.29) is 11.3 Å². The van der Waals surface area contributed by atoms with Gasteiger partial charge in [0.05, 0.1) is 13.3 Å². The Morgan fingerprint density at radius 1 is 0.871 bits per heavy atom. The topological polar surface area (TPSA) is 77.0 Å². The van der Waals surface area contributed by atoms with E-state index >= 15 is 0 Å². The summed E-state index contributed by atoms with van der Waals surface area (Å²) in [6.07, 6.45) is 1.32. The van der Waals surface area contributed by atoms with Crippen molar-refractivity contribution in [1.82, 2.24) is 5.43 Å². The van der Waals surface area contributed by atoms with Gasteiger partial charge >= 0.3 is 5.97 Å². The molecule has 0 saturated heterocycles. The Balaban J connectivity index is 1.78. The number of amides is 1. The van der Waals surface area contributed by atoms with Crippen LogP contribution in [0.15, 0.2) is 65.8 Å². The van der Waals surface area contributed by atoms with E-state index < -0.39 is 11.9 Å². The van der Waals surface area contributed by atoms with Gasteiger partial charge in [-0.05, 0) is 60.7 Å². The number of hydrazone groups is 1. The summed E-state index contributed by atoms with van der Waals surface area (Å²) >= 11 is 17.8. The normalized spacial score (nSPS) is 10.7. The molecule has 3 rings (SSSR count). The number of halogens is 3. The lowest BCUT2D eigenvalue weighted by Gasteiger charge is -2.11. The highest BCUT2D eigenvalue weighted by Gasteiger charge is 2.17. The van der Waals surface area contributed by atoms with Crippen LogP contribution < -0.4 is 14.9 Å². The van der Waals surface area contributed by atoms with Crippen molar-refractivity contribution in [1.29, 1.82) is 0 Å². The maximum atomic E-state index is 12.7. The molecule has 0 saturated carbocycles. The van der Waals surface area contributed by atoms with E-state index in [1.54, 1.807) is 42.5 Å². The maximum absolute atomic E-state index is 12.7. The molecule has 3 aromatic carbocycles. The lowest BCUT2D eigenvalue weighted by molar-refractivity contribution is 0.0730. The van der Waals surface area contributed by atoms with Crippen molar-refractivity contribution < 1.29 is 19.1 Å². The summed E-state index contributed by atoms with van der Waals surface area (Å²) in [6.45, 7) is 0. The van der Waals surface area contributed by atoms with Gasteiger partial charge in [-0.2, -0.15) is 5.10 Å². The first-order chi connectivity index (χ1) is 14.9. The smallest absolute Gasteiger partial charge is 0.347 e. The van der Waals surface area contributed by atoms with Gasteiger partial charge in [-0.3, -0.25) is 4.79 Å². The largest absolute Gasteiger partial charge is 0.496 e. The summed E-state index contributed by atoms with van der Waals surface area (Å²) in [5.74, 6) is -0.617. The molecule has 0 aliphatic carbocycles. The van der Waals surface area contributed by atoms with E-state index in [0.717, 1.165) is 0 Å². The molecule has 0 heterocycles. The fourth-order valence-electron chi connectivity index (χ4n) is 2.53. The number of hydrogen-bond donors (Lipinski definition) is 1. The molecule has 9 heteroatoms. The van der Waals surface area contributed by atoms with E-state index in [2.05, 4.69) is 10.5 Å². The van der Waals surface area contributed by atoms with Crippen molar-refractivity contribution in [3.05, 3.63) is 92.4 Å². The van der Waals surface area contributed by atoms with Crippen LogP contribution in [0.3, 0.4) is 0 Å². The Hall–Kier alpha value is -3.06. The van der Waals surface area contributed by atoms with Crippen molar-refractivity contribution in [2.75, 3.05) is 7.11 Å². The lowest BCUT2D eigenvalue weighted by Crippen LogP contribution is -2.17. The van der Waals surface area contributed by atoms with Crippen LogP contribution in [0, 0.1) is 0 Å². The zero-order valence-corrected chi connectivity index (χ0v) is 18.3. The Kier molecular flexibility index (Phi) is 7.52. The molecule has 31 heavy (non-hydrogen) atoms. The number of hydrogen-bond acceptors (Lipinski definition) is 5. The average molecular weight is 478 g/mol. The first kappa shape index (κ1) is 22.6. The highest BCUT2D eigenvalue weighted by Crippen LogP contribution is 2.27. The predicted octanol–water partition coefficient (Wildman–Crippen LogP) is 5.64. The van der Waals surface area contributed by atoms with Gasteiger partial charge in [0.15, 0.2) is 0 Å². The quantitative estimate of drug-likeness (QED) is 0.216. The molecule has 0 bridgehead atoms. The summed E-state index contributed by atoms with van der Waals surface area (Å²) < 4.78 is 10.7. The van der Waals surface area contributed by atoms with Crippen molar-refractivity contribution in [3.8, 4) is 11.5 Å². The van der Waals surface area contributed by atoms with Crippen LogP contribution in [0.5, 0.6) is 11.5 Å². The van der Waals surface area contributed by atoms with Gasteiger partial charge in [-0.1, -0.05) is 34.8 Å². The van der Waals surface area contributed by atoms with Gasteiger partial charge in [0.2, 0.25) is 0 Å². The van der Waals surface area contributed by atoms with Crippen LogP contribution in [-0.4, -0.2) is 25.2 Å². The number of nitrogens with zero attached hydrogens (tertiary/aromatic N) is 1. The van der Waals surface area contributed by atoms with E-state index in [4.69, 9.17) is 44.3 Å². The SMILES string of the molecule is COc1ccc(Cl)cc1C(=O)Oc1ccc(Cl)cc1/C=N/NC(=O)c1ccc(Cl)cc1. The number of carbonyl (C=O) groups is 2. The van der Waals surface area contributed by atoms with Crippen LogP contribution >= 0.6 is 34.8 Å². The number of carbonyl (C=O) groups excluding carboxylic acids is 2. The number of rotatable bonds is 6. The maximum Gasteiger partial charge on any atom is 0.347 e. The molecule has 0 aromatic heterocycles. The zero-order valence-electron chi connectivity index (χ0n) is 16.1. The summed E-state index contributed by atoms with van der Waals surface area (Å²) in [6, 6.07) is 15.5. The van der Waals surface area contributed by atoms with Crippen molar-refractivity contribution in [2.24, 2.45) is 5.10 Å². The number of methoxy groups -OCH3 is 1. The Bertz CT molecular complexity index is 1150. The molecule has 1 amide bonds. The summed E-state index contributed by atoms with van der Waals surface area (Å²) in [5, 5.41) is 5.18. The van der Waals surface area contributed by atoms with E-state index in [0.29, 0.717) is 31.9 Å². The van der Waals surface area contributed by atoms with Gasteiger partial charge in [0, 0.05) is 26.2 Å². The third kappa shape index (κ3) is 5.98. The Labute approximate surface area is 193 Å². The standard InChI is InChI=1S/C22H15Cl3N2O4/c1-30-20-9-7-17(25)11-18(20)22(29)31-19-8-6-16(24)10-14(19)12-26-27-21(28)13-2-4-15(23)5-3-13/h2-12H,1H3,(H,27,28)/b26-12+. The molecule has 1 N–H and O–H groups in total. The number of nitrogens with one attached hydrogen (secondary N) is 1. The number of ether oxygens (including phenoxy) is 2. The van der Waals surface area contributed by atoms with Gasteiger partial charge in [-0.15, -0.1) is 0 Å². The Morgan fingerprint density at radius 2 is 1.48 bits per heavy atom. The molecule has 0 fully saturated rings. The highest BCUT2D eigenvalue weighted by molar-refractivity contribution is 6.31. The minimum Gasteiger partial charge on any atom is -0.496 e. The van der Waals surface area contributed by atoms with E-state index in [1.807, 2.05) is 0 Å². The molecular weight excluding hydrogens is 463 g/mol. The van der Waals surface area contributed by atoms with Crippen molar-refractivity contribution in [3.63, 3.8) is 0 Å². The van der Waals surface area contributed by atoms with E-state index in [9.17, 15) is 9.59 Å². The first-order valence-electron chi connectivity index (χ1n) is 8.81. The number of esters is 1. The highest BCUT2D eigenvalue weighted by atomic mass is 35.5. The first-order valence-corrected chi connectivity index (χ1v) is 9.95. The Morgan fingerprint density at radius 3 is 2.16 bits per heavy atom. The van der Waals surface area contributed by atoms with Crippen molar-refractivity contribution in [2.45, 2.75) is 0 Å². The second kappa shape index (κ2) is 10.3. The molecule has 0 atom stereocenters. The molecule has 0 radical (unpaired) electrons. The summed E-state index contributed by atoms with van der Waals surface area (Å²) in [5.41, 5.74) is 3.30. The minimum atomic E-state index is -0.679. The van der Waals surface area contributed by atoms with Crippen LogP contribution in [0.4, 0.5) is 0 Å². The van der Waals surface area contributed by atoms with E-state index in [1.165, 1.54) is 31.5 Å². The molecule has 6 nitrogen and oxygen atoms in total. The second-order valence-electron chi connectivity index (χ2n) is 6.12. The molecule has 0 unspecified atom stereocenters. The molecule has 0 aliphatic rings. The van der Waals surface area contributed by atoms with Gasteiger partial charge in [0.1, 0.15) is 17.1 Å². The fourth-order valence-corrected chi connectivity index (χ4v) is 3.01. The van der Waals surface area contributed by atoms with Crippen LogP contribution in [0.1, 0.15) is 26.3 Å². The third-order valence-electron chi connectivity index (χ3n) is 4.03.